The molecule has 0 saturated heterocycles. The maximum absolute atomic E-state index is 2.43. The van der Waals surface area contributed by atoms with E-state index in [-0.39, 0.29) is 0 Å². The second kappa shape index (κ2) is 10.9. The number of rotatable bonds is 3. The van der Waals surface area contributed by atoms with E-state index in [0.717, 1.165) is 0 Å². The molecule has 0 aliphatic carbocycles. The number of para-hydroxylation sites is 2. The molecule has 11 aromatic rings. The lowest BCUT2D eigenvalue weighted by Crippen LogP contribution is -1.93. The van der Waals surface area contributed by atoms with Crippen LogP contribution in [0.1, 0.15) is 0 Å². The van der Waals surface area contributed by atoms with Gasteiger partial charge in [0.25, 0.3) is 0 Å². The van der Waals surface area contributed by atoms with Gasteiger partial charge >= 0.3 is 0 Å². The Balaban J connectivity index is 1.20. The van der Waals surface area contributed by atoms with E-state index in [4.69, 9.17) is 0 Å². The van der Waals surface area contributed by atoms with Gasteiger partial charge < -0.3 is 4.57 Å². The molecule has 0 amide bonds. The maximum atomic E-state index is 2.43. The van der Waals surface area contributed by atoms with Crippen LogP contribution in [0.5, 0.6) is 0 Å². The van der Waals surface area contributed by atoms with Gasteiger partial charge in [0.15, 0.2) is 0 Å². The molecule has 1 heterocycles. The third-order valence-electron chi connectivity index (χ3n) is 10.9. The molecular weight excluding hydrogens is 615 g/mol. The van der Waals surface area contributed by atoms with E-state index < -0.39 is 0 Å². The Morgan fingerprint density at radius 2 is 0.608 bits per heavy atom. The molecule has 0 unspecified atom stereocenters. The first-order valence-electron chi connectivity index (χ1n) is 17.7. The van der Waals surface area contributed by atoms with Crippen molar-refractivity contribution in [2.75, 3.05) is 0 Å². The van der Waals surface area contributed by atoms with Crippen LogP contribution in [0.3, 0.4) is 0 Å². The quantitative estimate of drug-likeness (QED) is 0.133. The first-order chi connectivity index (χ1) is 25.3. The smallest absolute Gasteiger partial charge is 0.0541 e. The summed E-state index contributed by atoms with van der Waals surface area (Å²) in [6.45, 7) is 0. The summed E-state index contributed by atoms with van der Waals surface area (Å²) in [4.78, 5) is 0. The lowest BCUT2D eigenvalue weighted by molar-refractivity contribution is 1.18. The molecule has 10 aromatic carbocycles. The van der Waals surface area contributed by atoms with Crippen LogP contribution in [0.25, 0.3) is 104 Å². The molecule has 0 saturated carbocycles. The molecule has 0 bridgehead atoms. The van der Waals surface area contributed by atoms with Crippen LogP contribution in [0.15, 0.2) is 188 Å². The number of nitrogens with zero attached hydrogens (tertiary/aromatic N) is 1. The molecule has 1 heteroatoms. The Bertz CT molecular complexity index is 3090. The second-order valence-electron chi connectivity index (χ2n) is 13.6. The fourth-order valence-electron chi connectivity index (χ4n) is 8.80. The first-order valence-corrected chi connectivity index (χ1v) is 17.7. The van der Waals surface area contributed by atoms with Crippen molar-refractivity contribution in [3.63, 3.8) is 0 Å². The third-order valence-corrected chi connectivity index (χ3v) is 10.9. The maximum Gasteiger partial charge on any atom is 0.0541 e. The van der Waals surface area contributed by atoms with Gasteiger partial charge in [0.05, 0.1) is 11.0 Å². The molecule has 0 N–H and O–H groups in total. The Kier molecular flexibility index (Phi) is 6.02. The van der Waals surface area contributed by atoms with Gasteiger partial charge in [-0.25, -0.2) is 0 Å². The van der Waals surface area contributed by atoms with Crippen molar-refractivity contribution in [1.29, 1.82) is 0 Å². The van der Waals surface area contributed by atoms with Gasteiger partial charge in [-0.15, -0.1) is 0 Å². The van der Waals surface area contributed by atoms with E-state index in [2.05, 4.69) is 193 Å². The van der Waals surface area contributed by atoms with E-state index in [1.165, 1.54) is 104 Å². The van der Waals surface area contributed by atoms with Gasteiger partial charge in [0.2, 0.25) is 0 Å². The van der Waals surface area contributed by atoms with Crippen molar-refractivity contribution in [3.8, 4) is 27.9 Å². The van der Waals surface area contributed by atoms with Gasteiger partial charge in [-0.05, 0) is 113 Å². The minimum absolute atomic E-state index is 1.17. The lowest BCUT2D eigenvalue weighted by Gasteiger charge is -2.19. The predicted molar refractivity (Wildman–Crippen MR) is 219 cm³/mol. The van der Waals surface area contributed by atoms with Crippen LogP contribution in [-0.2, 0) is 0 Å². The van der Waals surface area contributed by atoms with Gasteiger partial charge in [-0.1, -0.05) is 152 Å². The number of aromatic nitrogens is 1. The molecule has 0 aliphatic rings. The zero-order chi connectivity index (χ0) is 33.5. The van der Waals surface area contributed by atoms with Crippen molar-refractivity contribution in [3.05, 3.63) is 188 Å². The second-order valence-corrected chi connectivity index (χ2v) is 13.6. The zero-order valence-corrected chi connectivity index (χ0v) is 27.8. The summed E-state index contributed by atoms with van der Waals surface area (Å²) >= 11 is 0. The SMILES string of the molecule is c1ccc(-n2c3ccccc3c3cc(-c4c5ccccc5c(-c5ccc6c7ccccc7c7ccccc7c6c5)c5ccccc45)ccc32)cc1. The lowest BCUT2D eigenvalue weighted by atomic mass is 9.84. The Morgan fingerprint density at radius 3 is 1.16 bits per heavy atom. The summed E-state index contributed by atoms with van der Waals surface area (Å²) in [6.07, 6.45) is 0. The fourth-order valence-corrected chi connectivity index (χ4v) is 8.80. The van der Waals surface area contributed by atoms with Gasteiger partial charge in [-0.3, -0.25) is 0 Å². The van der Waals surface area contributed by atoms with Gasteiger partial charge in [0, 0.05) is 16.5 Å². The summed E-state index contributed by atoms with van der Waals surface area (Å²) in [7, 11) is 0. The zero-order valence-electron chi connectivity index (χ0n) is 27.8. The Labute approximate surface area is 295 Å². The van der Waals surface area contributed by atoms with E-state index >= 15 is 0 Å². The van der Waals surface area contributed by atoms with Crippen LogP contribution < -0.4 is 0 Å². The molecular formula is C50H31N. The highest BCUT2D eigenvalue weighted by Crippen LogP contribution is 2.46. The Hall–Kier alpha value is -6.70. The molecule has 0 spiro atoms. The first kappa shape index (κ1) is 28.2. The molecule has 0 fully saturated rings. The molecule has 0 aliphatic heterocycles. The fraction of sp³-hybridized carbons (Fsp3) is 0. The van der Waals surface area contributed by atoms with E-state index in [1.54, 1.807) is 0 Å². The number of hydrogen-bond donors (Lipinski definition) is 0. The van der Waals surface area contributed by atoms with E-state index in [1.807, 2.05) is 0 Å². The van der Waals surface area contributed by atoms with Crippen LogP contribution in [0, 0.1) is 0 Å². The average Bonchev–Trinajstić information content (AvgIpc) is 3.54. The normalized spacial score (nSPS) is 11.9. The van der Waals surface area contributed by atoms with Crippen molar-refractivity contribution >= 4 is 75.7 Å². The van der Waals surface area contributed by atoms with Crippen LogP contribution in [0.4, 0.5) is 0 Å². The van der Waals surface area contributed by atoms with E-state index in [0.29, 0.717) is 0 Å². The van der Waals surface area contributed by atoms with E-state index in [9.17, 15) is 0 Å². The molecule has 51 heavy (non-hydrogen) atoms. The highest BCUT2D eigenvalue weighted by Gasteiger charge is 2.19. The summed E-state index contributed by atoms with van der Waals surface area (Å²) < 4.78 is 2.39. The number of hydrogen-bond acceptors (Lipinski definition) is 0. The molecule has 1 aromatic heterocycles. The minimum atomic E-state index is 1.17. The molecule has 1 nitrogen and oxygen atoms in total. The molecule has 0 atom stereocenters. The standard InChI is InChI=1S/C50H31N/c1-2-14-34(15-3-1)51-47-25-13-12-20-40(47)46-31-33(27-29-48(46)51)50-43-23-10-8-21-41(43)49(42-22-9-11-24-44(42)50)32-26-28-39-37-18-5-4-16-35(37)36-17-6-7-19-38(36)45(39)30-32/h1-31H. The van der Waals surface area contributed by atoms with Crippen LogP contribution in [-0.4, -0.2) is 4.57 Å². The summed E-state index contributed by atoms with van der Waals surface area (Å²) in [5.74, 6) is 0. The average molecular weight is 646 g/mol. The highest BCUT2D eigenvalue weighted by molar-refractivity contribution is 6.27. The van der Waals surface area contributed by atoms with Gasteiger partial charge in [-0.2, -0.15) is 0 Å². The summed E-state index contributed by atoms with van der Waals surface area (Å²) in [6, 6.07) is 69.3. The van der Waals surface area contributed by atoms with Crippen LogP contribution in [0.2, 0.25) is 0 Å². The third kappa shape index (κ3) is 4.09. The summed E-state index contributed by atoms with van der Waals surface area (Å²) in [5, 5.41) is 15.4. The van der Waals surface area contributed by atoms with Crippen molar-refractivity contribution < 1.29 is 0 Å². The molecule has 0 radical (unpaired) electrons. The minimum Gasteiger partial charge on any atom is -0.309 e. The monoisotopic (exact) mass is 645 g/mol. The van der Waals surface area contributed by atoms with Crippen molar-refractivity contribution in [1.82, 2.24) is 4.57 Å². The topological polar surface area (TPSA) is 4.93 Å². The Morgan fingerprint density at radius 1 is 0.235 bits per heavy atom. The number of benzene rings is 10. The van der Waals surface area contributed by atoms with Crippen LogP contribution >= 0.6 is 0 Å². The van der Waals surface area contributed by atoms with Gasteiger partial charge in [0.1, 0.15) is 0 Å². The highest BCUT2D eigenvalue weighted by atomic mass is 15.0. The predicted octanol–water partition coefficient (Wildman–Crippen LogP) is 13.9. The van der Waals surface area contributed by atoms with Crippen molar-refractivity contribution in [2.45, 2.75) is 0 Å². The molecule has 236 valence electrons. The number of fused-ring (bicyclic) bond motifs is 11. The van der Waals surface area contributed by atoms with Crippen molar-refractivity contribution in [2.24, 2.45) is 0 Å². The molecule has 11 rings (SSSR count). The largest absolute Gasteiger partial charge is 0.309 e. The summed E-state index contributed by atoms with van der Waals surface area (Å²) in [5.41, 5.74) is 8.64.